The van der Waals surface area contributed by atoms with Gasteiger partial charge >= 0.3 is 0 Å². The Bertz CT molecular complexity index is 726. The van der Waals surface area contributed by atoms with Gasteiger partial charge in [-0.05, 0) is 37.1 Å². The molecule has 0 aliphatic carbocycles. The van der Waals surface area contributed by atoms with Gasteiger partial charge in [0.25, 0.3) is 5.91 Å². The van der Waals surface area contributed by atoms with Gasteiger partial charge in [0.15, 0.2) is 11.5 Å². The Morgan fingerprint density at radius 3 is 2.46 bits per heavy atom. The van der Waals surface area contributed by atoms with Gasteiger partial charge in [-0.2, -0.15) is 0 Å². The smallest absolute Gasteiger partial charge is 0.269 e. The van der Waals surface area contributed by atoms with Crippen LogP contribution >= 0.6 is 0 Å². The first kappa shape index (κ1) is 17.8. The summed E-state index contributed by atoms with van der Waals surface area (Å²) in [6.45, 7) is 5.37. The Labute approximate surface area is 151 Å². The Kier molecular flexibility index (Phi) is 5.40. The number of amides is 3. The number of carbonyl (C=O) groups excluding carboxylic acids is 3. The van der Waals surface area contributed by atoms with E-state index in [1.54, 1.807) is 23.1 Å². The normalized spacial score (nSPS) is 16.5. The molecule has 2 heterocycles. The van der Waals surface area contributed by atoms with E-state index in [1.807, 2.05) is 0 Å². The van der Waals surface area contributed by atoms with Crippen molar-refractivity contribution in [2.24, 2.45) is 5.92 Å². The zero-order chi connectivity index (χ0) is 18.5. The van der Waals surface area contributed by atoms with Crippen molar-refractivity contribution in [2.45, 2.75) is 12.8 Å². The van der Waals surface area contributed by atoms with Gasteiger partial charge in [0.05, 0.1) is 0 Å². The summed E-state index contributed by atoms with van der Waals surface area (Å²) >= 11 is 0. The number of ether oxygens (including phenoxy) is 2. The zero-order valence-corrected chi connectivity index (χ0v) is 14.3. The molecular formula is C18H21N3O5. The number of likely N-dealkylation sites (tertiary alicyclic amines) is 1. The largest absolute Gasteiger partial charge is 0.486 e. The predicted octanol–water partition coefficient (Wildman–Crippen LogP) is 0.643. The van der Waals surface area contributed by atoms with Gasteiger partial charge in [0.2, 0.25) is 11.8 Å². The summed E-state index contributed by atoms with van der Waals surface area (Å²) in [5, 5.41) is 0. The molecule has 1 saturated heterocycles. The second-order valence-electron chi connectivity index (χ2n) is 6.11. The highest BCUT2D eigenvalue weighted by atomic mass is 16.6. The lowest BCUT2D eigenvalue weighted by Gasteiger charge is -2.30. The van der Waals surface area contributed by atoms with E-state index < -0.39 is 5.91 Å². The number of hydrogen-bond donors (Lipinski definition) is 2. The second kappa shape index (κ2) is 7.90. The number of carbonyl (C=O) groups is 3. The first-order valence-corrected chi connectivity index (χ1v) is 8.49. The highest BCUT2D eigenvalue weighted by molar-refractivity contribution is 5.96. The van der Waals surface area contributed by atoms with Crippen LogP contribution in [-0.2, 0) is 9.59 Å². The fourth-order valence-corrected chi connectivity index (χ4v) is 2.97. The van der Waals surface area contributed by atoms with Gasteiger partial charge in [-0.25, -0.2) is 0 Å². The summed E-state index contributed by atoms with van der Waals surface area (Å²) < 4.78 is 10.9. The first-order chi connectivity index (χ1) is 12.6. The van der Waals surface area contributed by atoms with Crippen LogP contribution in [0.4, 0.5) is 0 Å². The molecule has 2 aliphatic heterocycles. The lowest BCUT2D eigenvalue weighted by Crippen LogP contribution is -2.48. The Hall–Kier alpha value is -3.03. The predicted molar refractivity (Wildman–Crippen MR) is 92.5 cm³/mol. The van der Waals surface area contributed by atoms with Crippen molar-refractivity contribution in [1.29, 1.82) is 0 Å². The summed E-state index contributed by atoms with van der Waals surface area (Å²) in [4.78, 5) is 37.6. The Morgan fingerprint density at radius 2 is 1.77 bits per heavy atom. The minimum atomic E-state index is -0.436. The van der Waals surface area contributed by atoms with Crippen molar-refractivity contribution in [1.82, 2.24) is 15.8 Å². The van der Waals surface area contributed by atoms with Crippen molar-refractivity contribution in [3.8, 4) is 11.5 Å². The number of rotatable bonds is 3. The van der Waals surface area contributed by atoms with Crippen LogP contribution in [0.25, 0.3) is 0 Å². The van der Waals surface area contributed by atoms with Crippen molar-refractivity contribution in [2.75, 3.05) is 26.3 Å². The van der Waals surface area contributed by atoms with Crippen LogP contribution in [0.2, 0.25) is 0 Å². The molecule has 2 aliphatic rings. The van der Waals surface area contributed by atoms with E-state index in [-0.39, 0.29) is 17.7 Å². The highest BCUT2D eigenvalue weighted by Crippen LogP contribution is 2.30. The fourth-order valence-electron chi connectivity index (χ4n) is 2.97. The van der Waals surface area contributed by atoms with Gasteiger partial charge in [-0.1, -0.05) is 6.58 Å². The van der Waals surface area contributed by atoms with Crippen LogP contribution in [0.1, 0.15) is 23.2 Å². The molecule has 0 spiro atoms. The number of nitrogens with one attached hydrogen (secondary N) is 2. The molecule has 3 rings (SSSR count). The third kappa shape index (κ3) is 3.96. The van der Waals surface area contributed by atoms with Crippen molar-refractivity contribution >= 4 is 17.7 Å². The molecule has 0 bridgehead atoms. The lowest BCUT2D eigenvalue weighted by molar-refractivity contribution is -0.132. The van der Waals surface area contributed by atoms with Gasteiger partial charge in [-0.15, -0.1) is 0 Å². The number of hydrogen-bond acceptors (Lipinski definition) is 5. The average molecular weight is 359 g/mol. The molecule has 138 valence electrons. The van der Waals surface area contributed by atoms with Gasteiger partial charge in [0, 0.05) is 24.6 Å². The summed E-state index contributed by atoms with van der Waals surface area (Å²) in [6, 6.07) is 4.85. The second-order valence-corrected chi connectivity index (χ2v) is 6.11. The Balaban J connectivity index is 1.49. The van der Waals surface area contributed by atoms with E-state index in [0.29, 0.717) is 56.2 Å². The van der Waals surface area contributed by atoms with Crippen LogP contribution < -0.4 is 20.3 Å². The third-order valence-electron chi connectivity index (χ3n) is 4.46. The third-order valence-corrected chi connectivity index (χ3v) is 4.46. The van der Waals surface area contributed by atoms with Crippen molar-refractivity contribution in [3.05, 3.63) is 36.4 Å². The molecule has 0 saturated carbocycles. The summed E-state index contributed by atoms with van der Waals surface area (Å²) in [5.41, 5.74) is 5.23. The summed E-state index contributed by atoms with van der Waals surface area (Å²) in [7, 11) is 0. The number of fused-ring (bicyclic) bond motifs is 1. The standard InChI is InChI=1S/C18H21N3O5/c1-2-16(22)21-7-5-12(6-8-21)17(23)19-20-18(24)13-3-4-14-15(11-13)26-10-9-25-14/h2-4,11-12H,1,5-10H2,(H,19,23)(H,20,24). The maximum absolute atomic E-state index is 12.2. The van der Waals surface area contributed by atoms with Gasteiger partial charge in [-0.3, -0.25) is 25.2 Å². The van der Waals surface area contributed by atoms with Crippen LogP contribution in [-0.4, -0.2) is 48.9 Å². The lowest BCUT2D eigenvalue weighted by atomic mass is 9.96. The Morgan fingerprint density at radius 1 is 1.08 bits per heavy atom. The molecule has 2 N–H and O–H groups in total. The van der Waals surface area contributed by atoms with E-state index in [9.17, 15) is 14.4 Å². The molecular weight excluding hydrogens is 338 g/mol. The minimum Gasteiger partial charge on any atom is -0.486 e. The SMILES string of the molecule is C=CC(=O)N1CCC(C(=O)NNC(=O)c2ccc3c(c2)OCCO3)CC1. The van der Waals surface area contributed by atoms with Crippen LogP contribution in [0.3, 0.4) is 0 Å². The molecule has 1 aromatic rings. The van der Waals surface area contributed by atoms with E-state index in [1.165, 1.54) is 6.08 Å². The molecule has 8 heteroatoms. The summed E-state index contributed by atoms with van der Waals surface area (Å²) in [6.07, 6.45) is 2.37. The monoisotopic (exact) mass is 359 g/mol. The van der Waals surface area contributed by atoms with Crippen molar-refractivity contribution < 1.29 is 23.9 Å². The van der Waals surface area contributed by atoms with E-state index >= 15 is 0 Å². The molecule has 0 unspecified atom stereocenters. The molecule has 1 aromatic carbocycles. The maximum atomic E-state index is 12.2. The zero-order valence-electron chi connectivity index (χ0n) is 14.3. The molecule has 26 heavy (non-hydrogen) atoms. The van der Waals surface area contributed by atoms with E-state index in [0.717, 1.165) is 0 Å². The van der Waals surface area contributed by atoms with Crippen LogP contribution in [0.5, 0.6) is 11.5 Å². The fraction of sp³-hybridized carbons (Fsp3) is 0.389. The molecule has 3 amide bonds. The molecule has 0 radical (unpaired) electrons. The molecule has 0 atom stereocenters. The number of nitrogens with zero attached hydrogens (tertiary/aromatic N) is 1. The van der Waals surface area contributed by atoms with Gasteiger partial charge < -0.3 is 14.4 Å². The molecule has 1 fully saturated rings. The number of piperidine rings is 1. The number of hydrazine groups is 1. The first-order valence-electron chi connectivity index (χ1n) is 8.49. The number of benzene rings is 1. The highest BCUT2D eigenvalue weighted by Gasteiger charge is 2.26. The average Bonchev–Trinajstić information content (AvgIpc) is 2.70. The van der Waals surface area contributed by atoms with E-state index in [2.05, 4.69) is 17.4 Å². The molecule has 0 aromatic heterocycles. The quantitative estimate of drug-likeness (QED) is 0.610. The minimum absolute atomic E-state index is 0.129. The topological polar surface area (TPSA) is 97.0 Å². The molecule has 8 nitrogen and oxygen atoms in total. The van der Waals surface area contributed by atoms with Crippen molar-refractivity contribution in [3.63, 3.8) is 0 Å². The van der Waals surface area contributed by atoms with E-state index in [4.69, 9.17) is 9.47 Å². The van der Waals surface area contributed by atoms with Crippen LogP contribution in [0, 0.1) is 5.92 Å². The maximum Gasteiger partial charge on any atom is 0.269 e. The van der Waals surface area contributed by atoms with Gasteiger partial charge in [0.1, 0.15) is 13.2 Å². The summed E-state index contributed by atoms with van der Waals surface area (Å²) in [5.74, 6) is 0.0311. The van der Waals surface area contributed by atoms with Crippen LogP contribution in [0.15, 0.2) is 30.9 Å².